The van der Waals surface area contributed by atoms with Gasteiger partial charge in [-0.2, -0.15) is 4.31 Å². The Hall–Kier alpha value is -2.23. The van der Waals surface area contributed by atoms with E-state index in [2.05, 4.69) is 5.32 Å². The molecule has 1 fully saturated rings. The number of rotatable bonds is 6. The summed E-state index contributed by atoms with van der Waals surface area (Å²) in [6.45, 7) is 2.77. The molecule has 7 nitrogen and oxygen atoms in total. The normalized spacial score (nSPS) is 16.5. The van der Waals surface area contributed by atoms with Crippen LogP contribution in [-0.2, 0) is 19.9 Å². The summed E-state index contributed by atoms with van der Waals surface area (Å²) >= 11 is 0. The number of carbonyl (C=O) groups is 1. The molecule has 29 heavy (non-hydrogen) atoms. The van der Waals surface area contributed by atoms with Crippen molar-refractivity contribution in [2.24, 2.45) is 0 Å². The Morgan fingerprint density at radius 1 is 0.966 bits per heavy atom. The van der Waals surface area contributed by atoms with E-state index in [9.17, 15) is 21.6 Å². The topological polar surface area (TPSA) is 101 Å². The second kappa shape index (κ2) is 8.25. The molecule has 2 aromatic rings. The Bertz CT molecular complexity index is 1100. The lowest BCUT2D eigenvalue weighted by Gasteiger charge is -2.17. The molecule has 0 aromatic heterocycles. The molecule has 0 saturated carbocycles. The third-order valence-corrected chi connectivity index (χ3v) is 7.98. The van der Waals surface area contributed by atoms with Crippen LogP contribution in [0, 0.1) is 0 Å². The second-order valence-electron chi connectivity index (χ2n) is 7.18. The van der Waals surface area contributed by atoms with E-state index in [4.69, 9.17) is 0 Å². The summed E-state index contributed by atoms with van der Waals surface area (Å²) in [7, 11) is -6.88. The minimum Gasteiger partial charge on any atom is -0.346 e. The van der Waals surface area contributed by atoms with Crippen LogP contribution >= 0.6 is 0 Å². The standard InChI is InChI=1S/C20H24N2O5S2/c1-15(16-8-10-18(11-9-16)28(2,24)25)21-20(23)17-6-5-7-19(14-17)29(26,27)22-12-3-4-13-22/h5-11,14-15H,3-4,12-13H2,1-2H3,(H,21,23). The summed E-state index contributed by atoms with van der Waals surface area (Å²) in [6, 6.07) is 11.9. The van der Waals surface area contributed by atoms with Gasteiger partial charge < -0.3 is 5.32 Å². The number of carbonyl (C=O) groups excluding carboxylic acids is 1. The van der Waals surface area contributed by atoms with Gasteiger partial charge in [-0.05, 0) is 55.7 Å². The van der Waals surface area contributed by atoms with E-state index < -0.39 is 25.8 Å². The Morgan fingerprint density at radius 3 is 2.17 bits per heavy atom. The maximum Gasteiger partial charge on any atom is 0.251 e. The minimum atomic E-state index is -3.60. The number of amides is 1. The van der Waals surface area contributed by atoms with Crippen LogP contribution in [0.15, 0.2) is 58.3 Å². The maximum atomic E-state index is 12.7. The van der Waals surface area contributed by atoms with Crippen LogP contribution in [0.2, 0.25) is 0 Å². The highest BCUT2D eigenvalue weighted by Crippen LogP contribution is 2.22. The van der Waals surface area contributed by atoms with E-state index in [1.807, 2.05) is 0 Å². The van der Waals surface area contributed by atoms with Gasteiger partial charge in [0.15, 0.2) is 9.84 Å². The Labute approximate surface area is 171 Å². The molecule has 2 aromatic carbocycles. The number of hydrogen-bond acceptors (Lipinski definition) is 5. The van der Waals surface area contributed by atoms with Gasteiger partial charge in [-0.1, -0.05) is 18.2 Å². The molecular weight excluding hydrogens is 412 g/mol. The summed E-state index contributed by atoms with van der Waals surface area (Å²) in [6.07, 6.45) is 2.82. The lowest BCUT2D eigenvalue weighted by molar-refractivity contribution is 0.0939. The van der Waals surface area contributed by atoms with Gasteiger partial charge in [0.1, 0.15) is 0 Å². The molecule has 0 bridgehead atoms. The van der Waals surface area contributed by atoms with Crippen molar-refractivity contribution >= 4 is 25.8 Å². The SMILES string of the molecule is CC(NC(=O)c1cccc(S(=O)(=O)N2CCCC2)c1)c1ccc(S(C)(=O)=O)cc1. The molecule has 1 atom stereocenters. The highest BCUT2D eigenvalue weighted by Gasteiger charge is 2.27. The van der Waals surface area contributed by atoms with Crippen molar-refractivity contribution in [2.75, 3.05) is 19.3 Å². The molecule has 3 rings (SSSR count). The summed E-state index contributed by atoms with van der Waals surface area (Å²) < 4.78 is 50.0. The van der Waals surface area contributed by atoms with Crippen LogP contribution in [-0.4, -0.2) is 46.4 Å². The van der Waals surface area contributed by atoms with Crippen molar-refractivity contribution < 1.29 is 21.6 Å². The molecule has 0 radical (unpaired) electrons. The third kappa shape index (κ3) is 4.85. The van der Waals surface area contributed by atoms with E-state index in [0.29, 0.717) is 13.1 Å². The monoisotopic (exact) mass is 436 g/mol. The summed E-state index contributed by atoms with van der Waals surface area (Å²) in [5, 5.41) is 2.82. The van der Waals surface area contributed by atoms with Gasteiger partial charge in [0.2, 0.25) is 10.0 Å². The zero-order valence-corrected chi connectivity index (χ0v) is 18.0. The van der Waals surface area contributed by atoms with Crippen molar-refractivity contribution in [3.8, 4) is 0 Å². The fourth-order valence-corrected chi connectivity index (χ4v) is 5.44. The van der Waals surface area contributed by atoms with Crippen molar-refractivity contribution in [3.05, 3.63) is 59.7 Å². The fraction of sp³-hybridized carbons (Fsp3) is 0.350. The molecule has 1 aliphatic rings. The zero-order valence-electron chi connectivity index (χ0n) is 16.3. The molecule has 1 saturated heterocycles. The zero-order chi connectivity index (χ0) is 21.2. The van der Waals surface area contributed by atoms with Crippen LogP contribution in [0.25, 0.3) is 0 Å². The average Bonchev–Trinajstić information content (AvgIpc) is 3.23. The quantitative estimate of drug-likeness (QED) is 0.749. The van der Waals surface area contributed by atoms with Gasteiger partial charge >= 0.3 is 0 Å². The fourth-order valence-electron chi connectivity index (χ4n) is 3.24. The van der Waals surface area contributed by atoms with E-state index in [-0.39, 0.29) is 21.4 Å². The number of benzene rings is 2. The van der Waals surface area contributed by atoms with Gasteiger partial charge in [-0.25, -0.2) is 16.8 Å². The molecule has 0 aliphatic carbocycles. The van der Waals surface area contributed by atoms with Crippen LogP contribution in [0.4, 0.5) is 0 Å². The van der Waals surface area contributed by atoms with E-state index in [0.717, 1.165) is 24.7 Å². The molecule has 1 N–H and O–H groups in total. The molecular formula is C20H24N2O5S2. The third-order valence-electron chi connectivity index (χ3n) is 4.95. The van der Waals surface area contributed by atoms with Crippen molar-refractivity contribution in [2.45, 2.75) is 35.6 Å². The smallest absolute Gasteiger partial charge is 0.251 e. The lowest BCUT2D eigenvalue weighted by Crippen LogP contribution is -2.29. The van der Waals surface area contributed by atoms with Crippen LogP contribution < -0.4 is 5.32 Å². The van der Waals surface area contributed by atoms with Crippen molar-refractivity contribution in [1.82, 2.24) is 9.62 Å². The largest absolute Gasteiger partial charge is 0.346 e. The second-order valence-corrected chi connectivity index (χ2v) is 11.1. The van der Waals surface area contributed by atoms with Crippen molar-refractivity contribution in [1.29, 1.82) is 0 Å². The summed E-state index contributed by atoms with van der Waals surface area (Å²) in [4.78, 5) is 13.0. The summed E-state index contributed by atoms with van der Waals surface area (Å²) in [5.41, 5.74) is 0.997. The first-order chi connectivity index (χ1) is 13.6. The predicted octanol–water partition coefficient (Wildman–Crippen LogP) is 2.37. The maximum absolute atomic E-state index is 12.7. The number of sulfonamides is 1. The molecule has 1 amide bonds. The molecule has 0 spiro atoms. The highest BCUT2D eigenvalue weighted by atomic mass is 32.2. The minimum absolute atomic E-state index is 0.109. The van der Waals surface area contributed by atoms with Gasteiger partial charge in [-0.3, -0.25) is 4.79 Å². The molecule has 1 heterocycles. The van der Waals surface area contributed by atoms with Gasteiger partial charge in [-0.15, -0.1) is 0 Å². The van der Waals surface area contributed by atoms with Crippen LogP contribution in [0.5, 0.6) is 0 Å². The molecule has 156 valence electrons. The number of hydrogen-bond donors (Lipinski definition) is 1. The van der Waals surface area contributed by atoms with E-state index in [1.165, 1.54) is 28.6 Å². The highest BCUT2D eigenvalue weighted by molar-refractivity contribution is 7.90. The number of nitrogens with zero attached hydrogens (tertiary/aromatic N) is 1. The van der Waals surface area contributed by atoms with Gasteiger partial charge in [0.05, 0.1) is 15.8 Å². The Kier molecular flexibility index (Phi) is 6.11. The number of sulfone groups is 1. The first-order valence-electron chi connectivity index (χ1n) is 9.30. The van der Waals surface area contributed by atoms with Gasteiger partial charge in [0, 0.05) is 24.9 Å². The predicted molar refractivity (Wildman–Crippen MR) is 110 cm³/mol. The Morgan fingerprint density at radius 2 is 1.59 bits per heavy atom. The molecule has 1 unspecified atom stereocenters. The van der Waals surface area contributed by atoms with E-state index in [1.54, 1.807) is 31.2 Å². The van der Waals surface area contributed by atoms with Crippen LogP contribution in [0.1, 0.15) is 41.7 Å². The molecule has 9 heteroatoms. The van der Waals surface area contributed by atoms with Crippen LogP contribution in [0.3, 0.4) is 0 Å². The first-order valence-corrected chi connectivity index (χ1v) is 12.6. The molecule has 1 aliphatic heterocycles. The average molecular weight is 437 g/mol. The van der Waals surface area contributed by atoms with E-state index >= 15 is 0 Å². The number of nitrogens with one attached hydrogen (secondary N) is 1. The Balaban J connectivity index is 1.75. The first kappa shape index (κ1) is 21.5. The van der Waals surface area contributed by atoms with Crippen molar-refractivity contribution in [3.63, 3.8) is 0 Å². The van der Waals surface area contributed by atoms with Gasteiger partial charge in [0.25, 0.3) is 5.91 Å². The lowest BCUT2D eigenvalue weighted by atomic mass is 10.1. The summed E-state index contributed by atoms with van der Waals surface area (Å²) in [5.74, 6) is -0.400.